The molecule has 0 saturated carbocycles. The maximum Gasteiger partial charge on any atom is 0.0903 e. The molecule has 2 heterocycles. The Hall–Kier alpha value is -3.92. The zero-order chi connectivity index (χ0) is 20.4. The molecule has 0 fully saturated rings. The van der Waals surface area contributed by atoms with E-state index < -0.39 is 0 Å². The summed E-state index contributed by atoms with van der Waals surface area (Å²) < 4.78 is 0. The van der Waals surface area contributed by atoms with Gasteiger partial charge >= 0.3 is 0 Å². The molecule has 4 heteroatoms. The Bertz CT molecular complexity index is 931. The fourth-order valence-corrected chi connectivity index (χ4v) is 3.16. The van der Waals surface area contributed by atoms with Gasteiger partial charge in [-0.15, -0.1) is 0 Å². The summed E-state index contributed by atoms with van der Waals surface area (Å²) >= 11 is 0. The van der Waals surface area contributed by atoms with Gasteiger partial charge in [-0.25, -0.2) is 0 Å². The summed E-state index contributed by atoms with van der Waals surface area (Å²) in [7, 11) is 0. The number of hydrogen-bond donors (Lipinski definition) is 0. The van der Waals surface area contributed by atoms with Crippen LogP contribution in [-0.4, -0.2) is 34.5 Å². The molecule has 0 aliphatic carbocycles. The van der Waals surface area contributed by atoms with Crippen molar-refractivity contribution in [3.63, 3.8) is 0 Å². The Balaban J connectivity index is 1.60. The van der Waals surface area contributed by atoms with Crippen LogP contribution in [0.3, 0.4) is 0 Å². The number of benzene rings is 2. The summed E-state index contributed by atoms with van der Waals surface area (Å²) in [4.78, 5) is 18.7. The molecule has 0 radical (unpaired) electrons. The number of nitrogens with zero attached hydrogens (tertiary/aromatic N) is 4. The second-order valence-electron chi connectivity index (χ2n) is 6.62. The van der Waals surface area contributed by atoms with Gasteiger partial charge in [0.25, 0.3) is 0 Å². The zero-order valence-corrected chi connectivity index (χ0v) is 16.6. The highest BCUT2D eigenvalue weighted by molar-refractivity contribution is 6.12. The SMILES string of the molecule is c1ccc(C(=NCCN=C(c2ccccc2)c2ccccn2)c2ccccn2)cc1. The van der Waals surface area contributed by atoms with Crippen molar-refractivity contribution >= 4 is 11.4 Å². The monoisotopic (exact) mass is 390 g/mol. The van der Waals surface area contributed by atoms with Gasteiger partial charge in [0.15, 0.2) is 0 Å². The standard InChI is InChI=1S/C26H22N4/c1-3-11-21(12-4-1)25(23-15-7-9-17-27-23)29-19-20-30-26(22-13-5-2-6-14-22)24-16-8-10-18-28-24/h1-18H,19-20H2. The number of aromatic nitrogens is 2. The molecule has 4 nitrogen and oxygen atoms in total. The molecular formula is C26H22N4. The first kappa shape index (κ1) is 19.4. The van der Waals surface area contributed by atoms with Crippen LogP contribution < -0.4 is 0 Å². The van der Waals surface area contributed by atoms with Crippen molar-refractivity contribution in [3.05, 3.63) is 132 Å². The predicted molar refractivity (Wildman–Crippen MR) is 122 cm³/mol. The number of pyridine rings is 2. The summed E-state index contributed by atoms with van der Waals surface area (Å²) in [6.45, 7) is 1.12. The van der Waals surface area contributed by atoms with E-state index >= 15 is 0 Å². The van der Waals surface area contributed by atoms with Crippen molar-refractivity contribution in [2.24, 2.45) is 9.98 Å². The third kappa shape index (κ3) is 4.92. The average Bonchev–Trinajstić information content (AvgIpc) is 2.84. The van der Waals surface area contributed by atoms with Crippen LogP contribution in [0.25, 0.3) is 0 Å². The van der Waals surface area contributed by atoms with Crippen molar-refractivity contribution in [3.8, 4) is 0 Å². The van der Waals surface area contributed by atoms with Crippen LogP contribution in [-0.2, 0) is 0 Å². The van der Waals surface area contributed by atoms with Gasteiger partial charge in [-0.2, -0.15) is 0 Å². The molecule has 0 unspecified atom stereocenters. The number of aliphatic imine (C=N–C) groups is 2. The summed E-state index contributed by atoms with van der Waals surface area (Å²) in [6.07, 6.45) is 3.58. The number of hydrogen-bond acceptors (Lipinski definition) is 4. The van der Waals surface area contributed by atoms with Crippen LogP contribution >= 0.6 is 0 Å². The molecule has 0 saturated heterocycles. The van der Waals surface area contributed by atoms with E-state index in [1.807, 2.05) is 72.8 Å². The molecule has 0 spiro atoms. The van der Waals surface area contributed by atoms with E-state index in [-0.39, 0.29) is 0 Å². The van der Waals surface area contributed by atoms with Crippen molar-refractivity contribution < 1.29 is 0 Å². The Kier molecular flexibility index (Phi) is 6.48. The quantitative estimate of drug-likeness (QED) is 0.334. The lowest BCUT2D eigenvalue weighted by Crippen LogP contribution is -2.09. The van der Waals surface area contributed by atoms with E-state index in [9.17, 15) is 0 Å². The Morgan fingerprint density at radius 3 is 1.27 bits per heavy atom. The maximum atomic E-state index is 4.85. The van der Waals surface area contributed by atoms with Crippen LogP contribution in [0.15, 0.2) is 119 Å². The fraction of sp³-hybridized carbons (Fsp3) is 0.0769. The van der Waals surface area contributed by atoms with E-state index in [0.717, 1.165) is 33.9 Å². The molecule has 0 N–H and O–H groups in total. The summed E-state index contributed by atoms with van der Waals surface area (Å²) in [5.41, 5.74) is 5.58. The molecule has 2 aromatic heterocycles. The van der Waals surface area contributed by atoms with Gasteiger partial charge in [-0.3, -0.25) is 20.0 Å². The van der Waals surface area contributed by atoms with Crippen molar-refractivity contribution in [2.45, 2.75) is 0 Å². The van der Waals surface area contributed by atoms with Gasteiger partial charge in [0.05, 0.1) is 35.9 Å². The first-order valence-corrected chi connectivity index (χ1v) is 9.94. The van der Waals surface area contributed by atoms with Gasteiger partial charge < -0.3 is 0 Å². The minimum atomic E-state index is 0.559. The molecule has 2 aromatic carbocycles. The smallest absolute Gasteiger partial charge is 0.0903 e. The molecular weight excluding hydrogens is 368 g/mol. The van der Waals surface area contributed by atoms with E-state index in [1.54, 1.807) is 12.4 Å². The second kappa shape index (κ2) is 10.0. The van der Waals surface area contributed by atoms with Gasteiger partial charge in [-0.1, -0.05) is 72.8 Å². The van der Waals surface area contributed by atoms with Crippen molar-refractivity contribution in [1.29, 1.82) is 0 Å². The Morgan fingerprint density at radius 1 is 0.500 bits per heavy atom. The first-order valence-electron chi connectivity index (χ1n) is 9.94. The Labute approximate surface area is 176 Å². The first-order chi connectivity index (χ1) is 14.9. The molecule has 146 valence electrons. The lowest BCUT2D eigenvalue weighted by atomic mass is 10.1. The minimum absolute atomic E-state index is 0.559. The van der Waals surface area contributed by atoms with E-state index in [0.29, 0.717) is 13.1 Å². The maximum absolute atomic E-state index is 4.85. The third-order valence-electron chi connectivity index (χ3n) is 4.55. The van der Waals surface area contributed by atoms with Crippen LogP contribution in [0.1, 0.15) is 22.5 Å². The fourth-order valence-electron chi connectivity index (χ4n) is 3.16. The van der Waals surface area contributed by atoms with E-state index in [4.69, 9.17) is 9.98 Å². The highest BCUT2D eigenvalue weighted by atomic mass is 14.9. The second-order valence-corrected chi connectivity index (χ2v) is 6.62. The molecule has 30 heavy (non-hydrogen) atoms. The van der Waals surface area contributed by atoms with Crippen molar-refractivity contribution in [1.82, 2.24) is 9.97 Å². The molecule has 0 bridgehead atoms. The van der Waals surface area contributed by atoms with Crippen LogP contribution in [0.2, 0.25) is 0 Å². The van der Waals surface area contributed by atoms with Gasteiger partial charge in [-0.05, 0) is 24.3 Å². The van der Waals surface area contributed by atoms with E-state index in [1.165, 1.54) is 0 Å². The molecule has 0 aliphatic rings. The Morgan fingerprint density at radius 2 is 0.900 bits per heavy atom. The molecule has 4 rings (SSSR count). The lowest BCUT2D eigenvalue weighted by Gasteiger charge is -2.08. The minimum Gasteiger partial charge on any atom is -0.281 e. The molecule has 0 amide bonds. The van der Waals surface area contributed by atoms with Gasteiger partial charge in [0, 0.05) is 23.5 Å². The predicted octanol–water partition coefficient (Wildman–Crippen LogP) is 4.85. The molecule has 0 aliphatic heterocycles. The van der Waals surface area contributed by atoms with Gasteiger partial charge in [0.1, 0.15) is 0 Å². The highest BCUT2D eigenvalue weighted by Crippen LogP contribution is 2.11. The normalized spacial score (nSPS) is 12.0. The van der Waals surface area contributed by atoms with Crippen molar-refractivity contribution in [2.75, 3.05) is 13.1 Å². The zero-order valence-electron chi connectivity index (χ0n) is 16.6. The largest absolute Gasteiger partial charge is 0.281 e. The van der Waals surface area contributed by atoms with Crippen LogP contribution in [0.5, 0.6) is 0 Å². The van der Waals surface area contributed by atoms with Crippen LogP contribution in [0.4, 0.5) is 0 Å². The van der Waals surface area contributed by atoms with E-state index in [2.05, 4.69) is 34.2 Å². The topological polar surface area (TPSA) is 50.5 Å². The van der Waals surface area contributed by atoms with Gasteiger partial charge in [0.2, 0.25) is 0 Å². The molecule has 4 aromatic rings. The molecule has 0 atom stereocenters. The van der Waals surface area contributed by atoms with Crippen LogP contribution in [0, 0.1) is 0 Å². The summed E-state index contributed by atoms with van der Waals surface area (Å²) in [6, 6.07) is 32.0. The lowest BCUT2D eigenvalue weighted by molar-refractivity contribution is 0.972. The summed E-state index contributed by atoms with van der Waals surface area (Å²) in [5.74, 6) is 0. The summed E-state index contributed by atoms with van der Waals surface area (Å²) in [5, 5.41) is 0. The average molecular weight is 390 g/mol. The third-order valence-corrected chi connectivity index (χ3v) is 4.55. The highest BCUT2D eigenvalue weighted by Gasteiger charge is 2.09. The number of rotatable bonds is 7.